The number of hydrazone groups is 1. The van der Waals surface area contributed by atoms with Crippen molar-refractivity contribution in [2.45, 2.75) is 32.3 Å². The monoisotopic (exact) mass is 539 g/mol. The zero-order valence-electron chi connectivity index (χ0n) is 20.8. The van der Waals surface area contributed by atoms with Crippen LogP contribution >= 0.6 is 11.3 Å². The van der Waals surface area contributed by atoms with Crippen LogP contribution in [-0.2, 0) is 33.8 Å². The molecule has 0 saturated heterocycles. The van der Waals surface area contributed by atoms with Gasteiger partial charge in [0, 0.05) is 10.4 Å². The molecule has 0 bridgehead atoms. The number of ether oxygens (including phenoxy) is 3. The van der Waals surface area contributed by atoms with E-state index >= 15 is 0 Å². The molecule has 1 aliphatic carbocycles. The number of benzene rings is 2. The number of anilines is 1. The van der Waals surface area contributed by atoms with Gasteiger partial charge in [0.15, 0.2) is 11.5 Å². The number of nitrogens with one attached hydrogen (secondary N) is 2. The zero-order valence-corrected chi connectivity index (χ0v) is 21.7. The quantitative estimate of drug-likeness (QED) is 0.192. The zero-order chi connectivity index (χ0) is 27.1. The van der Waals surface area contributed by atoms with Gasteiger partial charge in [0.25, 0.3) is 0 Å². The first-order valence-corrected chi connectivity index (χ1v) is 12.6. The highest BCUT2D eigenvalue weighted by Gasteiger charge is 2.28. The number of methoxy groups -OCH3 is 2. The molecule has 1 heterocycles. The minimum Gasteiger partial charge on any atom is -0.493 e. The van der Waals surface area contributed by atoms with Gasteiger partial charge in [0.1, 0.15) is 17.4 Å². The van der Waals surface area contributed by atoms with Crippen molar-refractivity contribution in [3.63, 3.8) is 0 Å². The van der Waals surface area contributed by atoms with Gasteiger partial charge in [-0.25, -0.2) is 14.6 Å². The Hall–Kier alpha value is -4.25. The third-order valence-corrected chi connectivity index (χ3v) is 7.11. The highest BCUT2D eigenvalue weighted by Crippen LogP contribution is 2.38. The predicted molar refractivity (Wildman–Crippen MR) is 140 cm³/mol. The van der Waals surface area contributed by atoms with Crippen LogP contribution in [0.3, 0.4) is 0 Å². The van der Waals surface area contributed by atoms with E-state index in [1.807, 2.05) is 0 Å². The Morgan fingerprint density at radius 1 is 1.05 bits per heavy atom. The van der Waals surface area contributed by atoms with Crippen LogP contribution in [-0.4, -0.2) is 38.2 Å². The molecule has 0 unspecified atom stereocenters. The first-order chi connectivity index (χ1) is 18.4. The standard InChI is InChI=1S/C27H26FN3O6S/c1-35-21-13-16(11-12-20(21)37-15-17-7-3-5-9-19(17)28)14-29-31-25(33)24(32)30-26-23(27(34)36-2)18-8-4-6-10-22(18)38-26/h3,5,7,9,11-14H,4,6,8,10,15H2,1-2H3,(H,30,32)(H,31,33)/b29-14+. The lowest BCUT2D eigenvalue weighted by Crippen LogP contribution is -2.32. The molecule has 0 aliphatic heterocycles. The van der Waals surface area contributed by atoms with Crippen LogP contribution in [0.4, 0.5) is 9.39 Å². The summed E-state index contributed by atoms with van der Waals surface area (Å²) in [5.41, 5.74) is 4.31. The Bertz CT molecular complexity index is 1390. The molecule has 198 valence electrons. The van der Waals surface area contributed by atoms with Crippen LogP contribution in [0.25, 0.3) is 0 Å². The van der Waals surface area contributed by atoms with Gasteiger partial charge in [0.05, 0.1) is 26.0 Å². The van der Waals surface area contributed by atoms with Gasteiger partial charge >= 0.3 is 17.8 Å². The lowest BCUT2D eigenvalue weighted by atomic mass is 9.95. The van der Waals surface area contributed by atoms with Crippen LogP contribution in [0.5, 0.6) is 11.5 Å². The number of esters is 1. The van der Waals surface area contributed by atoms with E-state index in [2.05, 4.69) is 15.8 Å². The lowest BCUT2D eigenvalue weighted by molar-refractivity contribution is -0.136. The molecular weight excluding hydrogens is 513 g/mol. The first kappa shape index (κ1) is 26.8. The summed E-state index contributed by atoms with van der Waals surface area (Å²) < 4.78 is 29.7. The molecule has 1 aliphatic rings. The van der Waals surface area contributed by atoms with Gasteiger partial charge in [0.2, 0.25) is 0 Å². The summed E-state index contributed by atoms with van der Waals surface area (Å²) in [6, 6.07) is 11.2. The van der Waals surface area contributed by atoms with Crippen molar-refractivity contribution in [2.24, 2.45) is 5.10 Å². The van der Waals surface area contributed by atoms with E-state index in [0.717, 1.165) is 36.1 Å². The summed E-state index contributed by atoms with van der Waals surface area (Å²) in [5.74, 6) is -2.09. The molecule has 4 rings (SSSR count). The second-order valence-electron chi connectivity index (χ2n) is 8.35. The van der Waals surface area contributed by atoms with Gasteiger partial charge in [-0.2, -0.15) is 5.10 Å². The number of carbonyl (C=O) groups excluding carboxylic acids is 3. The summed E-state index contributed by atoms with van der Waals surface area (Å²) >= 11 is 1.28. The Morgan fingerprint density at radius 2 is 1.84 bits per heavy atom. The third-order valence-electron chi connectivity index (χ3n) is 5.90. The molecule has 9 nitrogen and oxygen atoms in total. The minimum absolute atomic E-state index is 0.0204. The van der Waals surface area contributed by atoms with Crippen LogP contribution in [0.1, 0.15) is 44.8 Å². The predicted octanol–water partition coefficient (Wildman–Crippen LogP) is 4.23. The molecule has 2 N–H and O–H groups in total. The topological polar surface area (TPSA) is 115 Å². The maximum Gasteiger partial charge on any atom is 0.341 e. The van der Waals surface area contributed by atoms with Crippen molar-refractivity contribution in [2.75, 3.05) is 19.5 Å². The highest BCUT2D eigenvalue weighted by molar-refractivity contribution is 7.17. The van der Waals surface area contributed by atoms with Crippen molar-refractivity contribution in [3.8, 4) is 11.5 Å². The smallest absolute Gasteiger partial charge is 0.341 e. The van der Waals surface area contributed by atoms with Crippen molar-refractivity contribution >= 4 is 40.3 Å². The molecule has 11 heteroatoms. The van der Waals surface area contributed by atoms with Crippen LogP contribution in [0, 0.1) is 5.82 Å². The molecule has 2 amide bonds. The van der Waals surface area contributed by atoms with E-state index in [0.29, 0.717) is 33.2 Å². The van der Waals surface area contributed by atoms with Gasteiger partial charge in [-0.15, -0.1) is 11.3 Å². The van der Waals surface area contributed by atoms with Crippen LogP contribution < -0.4 is 20.2 Å². The molecule has 38 heavy (non-hydrogen) atoms. The Balaban J connectivity index is 1.37. The molecule has 0 radical (unpaired) electrons. The Labute approximate surface area is 222 Å². The van der Waals surface area contributed by atoms with Crippen molar-refractivity contribution in [3.05, 3.63) is 75.4 Å². The van der Waals surface area contributed by atoms with E-state index in [1.165, 1.54) is 37.8 Å². The molecule has 0 atom stereocenters. The number of carbonyl (C=O) groups is 3. The largest absolute Gasteiger partial charge is 0.493 e. The summed E-state index contributed by atoms with van der Waals surface area (Å²) in [7, 11) is 2.74. The average molecular weight is 540 g/mol. The van der Waals surface area contributed by atoms with E-state index in [1.54, 1.807) is 36.4 Å². The number of aryl methyl sites for hydroxylation is 1. The van der Waals surface area contributed by atoms with E-state index in [-0.39, 0.29) is 12.4 Å². The number of fused-ring (bicyclic) bond motifs is 1. The number of rotatable bonds is 8. The molecule has 1 aromatic heterocycles. The lowest BCUT2D eigenvalue weighted by Gasteiger charge is -2.12. The molecule has 0 fully saturated rings. The fourth-order valence-electron chi connectivity index (χ4n) is 4.00. The highest BCUT2D eigenvalue weighted by atomic mass is 32.1. The third kappa shape index (κ3) is 6.17. The summed E-state index contributed by atoms with van der Waals surface area (Å²) in [5, 5.41) is 6.65. The maximum absolute atomic E-state index is 13.8. The number of halogens is 1. The summed E-state index contributed by atoms with van der Waals surface area (Å²) in [6.45, 7) is 0.0204. The van der Waals surface area contributed by atoms with E-state index < -0.39 is 17.8 Å². The normalized spacial score (nSPS) is 12.5. The fourth-order valence-corrected chi connectivity index (χ4v) is 5.28. The minimum atomic E-state index is -1.000. The Morgan fingerprint density at radius 3 is 2.61 bits per heavy atom. The fraction of sp³-hybridized carbons (Fsp3) is 0.259. The maximum atomic E-state index is 13.8. The van der Waals surface area contributed by atoms with Crippen LogP contribution in [0.2, 0.25) is 0 Å². The number of thiophene rings is 1. The van der Waals surface area contributed by atoms with Crippen molar-refractivity contribution in [1.29, 1.82) is 0 Å². The first-order valence-electron chi connectivity index (χ1n) is 11.8. The second kappa shape index (κ2) is 12.3. The summed E-state index contributed by atoms with van der Waals surface area (Å²) in [4.78, 5) is 38.2. The van der Waals surface area contributed by atoms with Gasteiger partial charge in [-0.3, -0.25) is 9.59 Å². The molecule has 2 aromatic carbocycles. The van der Waals surface area contributed by atoms with Crippen LogP contribution in [0.15, 0.2) is 47.6 Å². The number of amides is 2. The van der Waals surface area contributed by atoms with Gasteiger partial charge in [-0.05, 0) is 61.1 Å². The van der Waals surface area contributed by atoms with Gasteiger partial charge in [-0.1, -0.05) is 18.2 Å². The number of hydrogen-bond donors (Lipinski definition) is 2. The Kier molecular flexibility index (Phi) is 8.70. The average Bonchev–Trinajstić information content (AvgIpc) is 3.30. The SMILES string of the molecule is COC(=O)c1c(NC(=O)C(=O)N/N=C/c2ccc(OCc3ccccc3F)c(OC)c2)sc2c1CCCC2. The second-order valence-corrected chi connectivity index (χ2v) is 9.46. The number of nitrogens with zero attached hydrogens (tertiary/aromatic N) is 1. The van der Waals surface area contributed by atoms with Crippen molar-refractivity contribution < 1.29 is 33.0 Å². The van der Waals surface area contributed by atoms with E-state index in [4.69, 9.17) is 14.2 Å². The van der Waals surface area contributed by atoms with E-state index in [9.17, 15) is 18.8 Å². The van der Waals surface area contributed by atoms with Gasteiger partial charge < -0.3 is 19.5 Å². The molecular formula is C27H26FN3O6S. The molecule has 3 aromatic rings. The van der Waals surface area contributed by atoms with Crippen molar-refractivity contribution in [1.82, 2.24) is 5.43 Å². The molecule has 0 spiro atoms. The number of hydrogen-bond acceptors (Lipinski definition) is 8. The molecule has 0 saturated carbocycles. The summed E-state index contributed by atoms with van der Waals surface area (Å²) in [6.07, 6.45) is 4.81.